The summed E-state index contributed by atoms with van der Waals surface area (Å²) in [7, 11) is 0. The first-order chi connectivity index (χ1) is 13.3. The lowest BCUT2D eigenvalue weighted by Gasteiger charge is -2.21. The van der Waals surface area contributed by atoms with E-state index in [0.717, 1.165) is 17.7 Å². The van der Waals surface area contributed by atoms with Crippen LogP contribution in [0.3, 0.4) is 0 Å². The Kier molecular flexibility index (Phi) is 5.72. The predicted octanol–water partition coefficient (Wildman–Crippen LogP) is 4.33. The molecule has 2 amide bonds. The third-order valence-corrected chi connectivity index (χ3v) is 4.83. The summed E-state index contributed by atoms with van der Waals surface area (Å²) < 4.78 is 37.8. The molecule has 0 aliphatic heterocycles. The number of alkyl halides is 3. The molecule has 0 aromatic heterocycles. The average molecular weight is 390 g/mol. The number of hydrogen-bond acceptors (Lipinski definition) is 2. The Morgan fingerprint density at radius 1 is 1.04 bits per heavy atom. The summed E-state index contributed by atoms with van der Waals surface area (Å²) in [6.07, 6.45) is -3.96. The van der Waals surface area contributed by atoms with Crippen molar-refractivity contribution in [2.75, 3.05) is 11.9 Å². The molecule has 0 saturated heterocycles. The van der Waals surface area contributed by atoms with Crippen LogP contribution in [0.15, 0.2) is 54.6 Å². The van der Waals surface area contributed by atoms with Gasteiger partial charge in [-0.15, -0.1) is 0 Å². The van der Waals surface area contributed by atoms with E-state index in [-0.39, 0.29) is 23.4 Å². The van der Waals surface area contributed by atoms with E-state index in [0.29, 0.717) is 19.5 Å². The molecule has 7 heteroatoms. The fourth-order valence-corrected chi connectivity index (χ4v) is 3.12. The highest BCUT2D eigenvalue weighted by Gasteiger charge is 2.49. The highest BCUT2D eigenvalue weighted by Crippen LogP contribution is 2.41. The zero-order valence-electron chi connectivity index (χ0n) is 15.4. The van der Waals surface area contributed by atoms with E-state index in [1.54, 1.807) is 4.90 Å². The second-order valence-electron chi connectivity index (χ2n) is 6.85. The summed E-state index contributed by atoms with van der Waals surface area (Å²) in [5, 5.41) is 2.60. The first-order valence-corrected chi connectivity index (χ1v) is 9.10. The van der Waals surface area contributed by atoms with Crippen LogP contribution < -0.4 is 5.32 Å². The largest absolute Gasteiger partial charge is 0.416 e. The molecule has 148 valence electrons. The summed E-state index contributed by atoms with van der Waals surface area (Å²) in [5.74, 6) is -1.23. The lowest BCUT2D eigenvalue weighted by atomic mass is 10.2. The van der Waals surface area contributed by atoms with E-state index in [4.69, 9.17) is 0 Å². The van der Waals surface area contributed by atoms with Gasteiger partial charge in [-0.3, -0.25) is 9.59 Å². The number of amides is 2. The van der Waals surface area contributed by atoms with Gasteiger partial charge in [0, 0.05) is 18.8 Å². The van der Waals surface area contributed by atoms with E-state index >= 15 is 0 Å². The van der Waals surface area contributed by atoms with Gasteiger partial charge in [-0.2, -0.15) is 13.2 Å². The molecule has 0 spiro atoms. The number of halogens is 3. The van der Waals surface area contributed by atoms with Gasteiger partial charge in [0.15, 0.2) is 0 Å². The SMILES string of the molecule is CCN(Cc1ccccc1)C(=O)C1CC1C(=O)Nc1ccc(C(F)(F)F)cc1. The molecule has 2 atom stereocenters. The number of carbonyl (C=O) groups is 2. The molecule has 0 heterocycles. The van der Waals surface area contributed by atoms with E-state index in [2.05, 4.69) is 5.32 Å². The highest BCUT2D eigenvalue weighted by atomic mass is 19.4. The summed E-state index contributed by atoms with van der Waals surface area (Å²) in [5.41, 5.74) is 0.529. The quantitative estimate of drug-likeness (QED) is 0.798. The van der Waals surface area contributed by atoms with Crippen LogP contribution in [0.1, 0.15) is 24.5 Å². The minimum atomic E-state index is -4.42. The van der Waals surface area contributed by atoms with Gasteiger partial charge in [0.1, 0.15) is 0 Å². The Bertz CT molecular complexity index is 835. The molecule has 4 nitrogen and oxygen atoms in total. The predicted molar refractivity (Wildman–Crippen MR) is 99.2 cm³/mol. The number of anilines is 1. The molecule has 2 unspecified atom stereocenters. The molecule has 2 aromatic carbocycles. The topological polar surface area (TPSA) is 49.4 Å². The number of rotatable bonds is 6. The molecule has 1 N–H and O–H groups in total. The van der Waals surface area contributed by atoms with Gasteiger partial charge >= 0.3 is 6.18 Å². The standard InChI is InChI=1S/C21H21F3N2O2/c1-2-26(13-14-6-4-3-5-7-14)20(28)18-12-17(18)19(27)25-16-10-8-15(9-11-16)21(22,23)24/h3-11,17-18H,2,12-13H2,1H3,(H,25,27). The molecule has 0 bridgehead atoms. The molecular formula is C21H21F3N2O2. The van der Waals surface area contributed by atoms with E-state index in [1.165, 1.54) is 12.1 Å². The lowest BCUT2D eigenvalue weighted by Crippen LogP contribution is -2.33. The number of benzene rings is 2. The molecule has 1 saturated carbocycles. The van der Waals surface area contributed by atoms with Gasteiger partial charge in [-0.05, 0) is 43.2 Å². The molecule has 0 radical (unpaired) electrons. The van der Waals surface area contributed by atoms with Crippen molar-refractivity contribution in [1.82, 2.24) is 4.90 Å². The minimum Gasteiger partial charge on any atom is -0.338 e. The fraction of sp³-hybridized carbons (Fsp3) is 0.333. The van der Waals surface area contributed by atoms with Gasteiger partial charge in [0.25, 0.3) is 0 Å². The minimum absolute atomic E-state index is 0.0704. The smallest absolute Gasteiger partial charge is 0.338 e. The Morgan fingerprint density at radius 3 is 2.25 bits per heavy atom. The molecular weight excluding hydrogens is 369 g/mol. The second kappa shape index (κ2) is 8.04. The Labute approximate surface area is 161 Å². The summed E-state index contributed by atoms with van der Waals surface area (Å²) in [4.78, 5) is 26.7. The van der Waals surface area contributed by atoms with Crippen molar-refractivity contribution in [3.8, 4) is 0 Å². The van der Waals surface area contributed by atoms with Crippen molar-refractivity contribution >= 4 is 17.5 Å². The van der Waals surface area contributed by atoms with Crippen LogP contribution in [0.25, 0.3) is 0 Å². The van der Waals surface area contributed by atoms with E-state index in [1.807, 2.05) is 37.3 Å². The van der Waals surface area contributed by atoms with Gasteiger partial charge in [0.2, 0.25) is 11.8 Å². The Morgan fingerprint density at radius 2 is 1.68 bits per heavy atom. The van der Waals surface area contributed by atoms with Gasteiger partial charge in [-0.1, -0.05) is 30.3 Å². The van der Waals surface area contributed by atoms with Crippen molar-refractivity contribution in [2.45, 2.75) is 26.1 Å². The molecule has 28 heavy (non-hydrogen) atoms. The number of hydrogen-bond donors (Lipinski definition) is 1. The summed E-state index contributed by atoms with van der Waals surface area (Å²) in [6.45, 7) is 2.91. The van der Waals surface area contributed by atoms with Crippen molar-refractivity contribution in [3.05, 3.63) is 65.7 Å². The monoisotopic (exact) mass is 390 g/mol. The van der Waals surface area contributed by atoms with E-state index < -0.39 is 17.7 Å². The van der Waals surface area contributed by atoms with Crippen LogP contribution in [-0.2, 0) is 22.3 Å². The zero-order valence-corrected chi connectivity index (χ0v) is 15.4. The lowest BCUT2D eigenvalue weighted by molar-refractivity contribution is -0.137. The molecule has 1 fully saturated rings. The highest BCUT2D eigenvalue weighted by molar-refractivity contribution is 5.99. The third-order valence-electron chi connectivity index (χ3n) is 4.83. The first-order valence-electron chi connectivity index (χ1n) is 9.10. The maximum Gasteiger partial charge on any atom is 0.416 e. The number of nitrogens with one attached hydrogen (secondary N) is 1. The number of nitrogens with zero attached hydrogens (tertiary/aromatic N) is 1. The Balaban J connectivity index is 1.56. The van der Waals surface area contributed by atoms with Crippen LogP contribution in [-0.4, -0.2) is 23.3 Å². The maximum absolute atomic E-state index is 12.7. The molecule has 1 aliphatic carbocycles. The fourth-order valence-electron chi connectivity index (χ4n) is 3.12. The van der Waals surface area contributed by atoms with Crippen molar-refractivity contribution < 1.29 is 22.8 Å². The van der Waals surface area contributed by atoms with Crippen molar-refractivity contribution in [3.63, 3.8) is 0 Å². The summed E-state index contributed by atoms with van der Waals surface area (Å²) >= 11 is 0. The molecule has 3 rings (SSSR count). The average Bonchev–Trinajstić information content (AvgIpc) is 3.47. The second-order valence-corrected chi connectivity index (χ2v) is 6.85. The van der Waals surface area contributed by atoms with E-state index in [9.17, 15) is 22.8 Å². The Hall–Kier alpha value is -2.83. The molecule has 1 aliphatic rings. The molecule has 2 aromatic rings. The van der Waals surface area contributed by atoms with Crippen LogP contribution >= 0.6 is 0 Å². The van der Waals surface area contributed by atoms with Gasteiger partial charge in [0.05, 0.1) is 17.4 Å². The normalized spacial score (nSPS) is 18.4. The van der Waals surface area contributed by atoms with Crippen LogP contribution in [0.5, 0.6) is 0 Å². The third kappa shape index (κ3) is 4.71. The van der Waals surface area contributed by atoms with Crippen LogP contribution in [0, 0.1) is 11.8 Å². The van der Waals surface area contributed by atoms with Crippen molar-refractivity contribution in [2.24, 2.45) is 11.8 Å². The van der Waals surface area contributed by atoms with Gasteiger partial charge in [-0.25, -0.2) is 0 Å². The van der Waals surface area contributed by atoms with Gasteiger partial charge < -0.3 is 10.2 Å². The van der Waals surface area contributed by atoms with Crippen LogP contribution in [0.2, 0.25) is 0 Å². The van der Waals surface area contributed by atoms with Crippen molar-refractivity contribution in [1.29, 1.82) is 0 Å². The number of carbonyl (C=O) groups excluding carboxylic acids is 2. The zero-order chi connectivity index (χ0) is 20.3. The summed E-state index contributed by atoms with van der Waals surface area (Å²) in [6, 6.07) is 13.9. The van der Waals surface area contributed by atoms with Crippen LogP contribution in [0.4, 0.5) is 18.9 Å². The maximum atomic E-state index is 12.7. The first kappa shape index (κ1) is 19.9.